The van der Waals surface area contributed by atoms with Gasteiger partial charge in [0.25, 0.3) is 5.91 Å². The minimum absolute atomic E-state index is 0. The normalized spacial score (nSPS) is 10.1. The Hall–Kier alpha value is -1.57. The van der Waals surface area contributed by atoms with Gasteiger partial charge < -0.3 is 4.18 Å². The maximum atomic E-state index is 12.3. The van der Waals surface area contributed by atoms with E-state index in [4.69, 9.17) is 15.8 Å². The predicted octanol–water partition coefficient (Wildman–Crippen LogP) is 3.32. The standard InChI is InChI=1S/C12H13ClN4O2S.CH4/c1-7-8(4-5-9(13)10(7)20-19-3)11(18)16-12-14-6-15-17(12)2;/h4-6H,1-3H3,(H,14,15,16,18);1H4. The molecule has 0 spiro atoms. The second kappa shape index (κ2) is 7.44. The SMILES string of the molecule is C.COSc1c(Cl)ccc(C(=O)Nc2ncnn2C)c1C. The fraction of sp³-hybridized carbons (Fsp3) is 0.308. The number of rotatable bonds is 4. The quantitative estimate of drug-likeness (QED) is 0.872. The molecule has 0 fully saturated rings. The Bertz CT molecular complexity index is 645. The monoisotopic (exact) mass is 328 g/mol. The maximum absolute atomic E-state index is 12.3. The van der Waals surface area contributed by atoms with E-state index < -0.39 is 0 Å². The highest BCUT2D eigenvalue weighted by molar-refractivity contribution is 7.94. The van der Waals surface area contributed by atoms with Crippen molar-refractivity contribution >= 4 is 35.5 Å². The summed E-state index contributed by atoms with van der Waals surface area (Å²) in [6.45, 7) is 1.82. The minimum Gasteiger partial charge on any atom is -0.314 e. The van der Waals surface area contributed by atoms with Gasteiger partial charge in [0.1, 0.15) is 6.33 Å². The molecule has 8 heteroatoms. The van der Waals surface area contributed by atoms with E-state index in [-0.39, 0.29) is 13.3 Å². The zero-order valence-electron chi connectivity index (χ0n) is 11.2. The average Bonchev–Trinajstić information content (AvgIpc) is 2.80. The maximum Gasteiger partial charge on any atom is 0.258 e. The van der Waals surface area contributed by atoms with Crippen molar-refractivity contribution in [3.05, 3.63) is 34.6 Å². The molecular weight excluding hydrogens is 312 g/mol. The van der Waals surface area contributed by atoms with Crippen molar-refractivity contribution in [2.75, 3.05) is 12.4 Å². The number of carbonyl (C=O) groups is 1. The summed E-state index contributed by atoms with van der Waals surface area (Å²) < 4.78 is 6.50. The fourth-order valence-corrected chi connectivity index (χ4v) is 2.52. The fourth-order valence-electron chi connectivity index (χ4n) is 1.67. The van der Waals surface area contributed by atoms with Crippen LogP contribution in [-0.2, 0) is 11.2 Å². The molecule has 2 aromatic rings. The van der Waals surface area contributed by atoms with Crippen molar-refractivity contribution in [3.8, 4) is 0 Å². The average molecular weight is 329 g/mol. The Morgan fingerprint density at radius 2 is 2.19 bits per heavy atom. The number of hydrogen-bond donors (Lipinski definition) is 1. The first-order valence-corrected chi connectivity index (χ1v) is 6.81. The van der Waals surface area contributed by atoms with E-state index in [0.717, 1.165) is 22.5 Å². The van der Waals surface area contributed by atoms with E-state index >= 15 is 0 Å². The number of amides is 1. The van der Waals surface area contributed by atoms with E-state index in [1.807, 2.05) is 6.92 Å². The topological polar surface area (TPSA) is 69.0 Å². The van der Waals surface area contributed by atoms with Crippen molar-refractivity contribution < 1.29 is 8.98 Å². The summed E-state index contributed by atoms with van der Waals surface area (Å²) in [5.41, 5.74) is 1.26. The molecule has 2 rings (SSSR count). The minimum atomic E-state index is -0.270. The summed E-state index contributed by atoms with van der Waals surface area (Å²) in [4.78, 5) is 16.9. The lowest BCUT2D eigenvalue weighted by atomic mass is 10.1. The first kappa shape index (κ1) is 17.5. The molecule has 0 bridgehead atoms. The van der Waals surface area contributed by atoms with Gasteiger partial charge in [-0.1, -0.05) is 19.0 Å². The molecule has 0 atom stereocenters. The summed E-state index contributed by atoms with van der Waals surface area (Å²) >= 11 is 7.22. The molecular formula is C13H17ClN4O2S. The summed E-state index contributed by atoms with van der Waals surface area (Å²) in [5, 5.41) is 7.13. The number of nitrogens with one attached hydrogen (secondary N) is 1. The molecule has 1 N–H and O–H groups in total. The first-order chi connectivity index (χ1) is 9.54. The van der Waals surface area contributed by atoms with Crippen LogP contribution in [0.15, 0.2) is 23.4 Å². The van der Waals surface area contributed by atoms with Gasteiger partial charge in [0, 0.05) is 24.7 Å². The van der Waals surface area contributed by atoms with E-state index in [1.165, 1.54) is 11.0 Å². The van der Waals surface area contributed by atoms with Gasteiger partial charge in [0.15, 0.2) is 0 Å². The highest BCUT2D eigenvalue weighted by Gasteiger charge is 2.16. The molecule has 1 amide bonds. The summed E-state index contributed by atoms with van der Waals surface area (Å²) in [6.07, 6.45) is 1.37. The first-order valence-electron chi connectivity index (χ1n) is 5.69. The van der Waals surface area contributed by atoms with E-state index in [2.05, 4.69) is 15.4 Å². The van der Waals surface area contributed by atoms with E-state index in [1.54, 1.807) is 26.3 Å². The third-order valence-corrected chi connectivity index (χ3v) is 3.99. The molecule has 114 valence electrons. The number of aryl methyl sites for hydroxylation is 1. The van der Waals surface area contributed by atoms with Crippen LogP contribution in [0.4, 0.5) is 5.95 Å². The van der Waals surface area contributed by atoms with E-state index in [0.29, 0.717) is 16.5 Å². The van der Waals surface area contributed by atoms with Crippen LogP contribution in [0.5, 0.6) is 0 Å². The van der Waals surface area contributed by atoms with Crippen molar-refractivity contribution in [2.24, 2.45) is 7.05 Å². The van der Waals surface area contributed by atoms with Gasteiger partial charge in [-0.3, -0.25) is 10.1 Å². The zero-order valence-corrected chi connectivity index (χ0v) is 12.7. The Kier molecular flexibility index (Phi) is 6.19. The molecule has 1 aromatic carbocycles. The Morgan fingerprint density at radius 3 is 2.76 bits per heavy atom. The summed E-state index contributed by atoms with van der Waals surface area (Å²) in [6, 6.07) is 3.34. The Labute approximate surface area is 133 Å². The Balaban J connectivity index is 0.00000220. The van der Waals surface area contributed by atoms with Gasteiger partial charge in [-0.2, -0.15) is 10.1 Å². The smallest absolute Gasteiger partial charge is 0.258 e. The number of hydrogen-bond acceptors (Lipinski definition) is 5. The highest BCUT2D eigenvalue weighted by Crippen LogP contribution is 2.32. The molecule has 0 saturated carbocycles. The third-order valence-electron chi connectivity index (χ3n) is 2.71. The molecule has 0 radical (unpaired) electrons. The van der Waals surface area contributed by atoms with Gasteiger partial charge in [0.05, 0.1) is 17.0 Å². The molecule has 21 heavy (non-hydrogen) atoms. The molecule has 1 aromatic heterocycles. The highest BCUT2D eigenvalue weighted by atomic mass is 35.5. The van der Waals surface area contributed by atoms with Crippen LogP contribution in [0.3, 0.4) is 0 Å². The molecule has 0 aliphatic rings. The molecule has 0 unspecified atom stereocenters. The summed E-state index contributed by atoms with van der Waals surface area (Å²) in [5.74, 6) is 0.110. The third kappa shape index (κ3) is 3.75. The zero-order chi connectivity index (χ0) is 14.7. The van der Waals surface area contributed by atoms with Gasteiger partial charge in [0.2, 0.25) is 5.95 Å². The van der Waals surface area contributed by atoms with Crippen LogP contribution in [0.1, 0.15) is 23.3 Å². The number of nitrogens with zero attached hydrogens (tertiary/aromatic N) is 3. The number of halogens is 1. The molecule has 6 nitrogen and oxygen atoms in total. The van der Waals surface area contributed by atoms with Gasteiger partial charge >= 0.3 is 0 Å². The van der Waals surface area contributed by atoms with Crippen LogP contribution in [-0.4, -0.2) is 27.8 Å². The molecule has 0 saturated heterocycles. The number of aromatic nitrogens is 3. The lowest BCUT2D eigenvalue weighted by Gasteiger charge is -2.11. The van der Waals surface area contributed by atoms with Crippen molar-refractivity contribution in [2.45, 2.75) is 19.2 Å². The van der Waals surface area contributed by atoms with Crippen molar-refractivity contribution in [1.82, 2.24) is 14.8 Å². The van der Waals surface area contributed by atoms with Crippen molar-refractivity contribution in [3.63, 3.8) is 0 Å². The van der Waals surface area contributed by atoms with Crippen LogP contribution in [0.2, 0.25) is 5.02 Å². The van der Waals surface area contributed by atoms with Gasteiger partial charge in [-0.15, -0.1) is 0 Å². The van der Waals surface area contributed by atoms with Gasteiger partial charge in [-0.05, 0) is 24.6 Å². The second-order valence-electron chi connectivity index (χ2n) is 3.96. The van der Waals surface area contributed by atoms with Gasteiger partial charge in [-0.25, -0.2) is 4.68 Å². The Morgan fingerprint density at radius 1 is 1.48 bits per heavy atom. The molecule has 0 aliphatic carbocycles. The van der Waals surface area contributed by atoms with Crippen molar-refractivity contribution in [1.29, 1.82) is 0 Å². The lowest BCUT2D eigenvalue weighted by Crippen LogP contribution is -2.16. The number of carbonyl (C=O) groups excluding carboxylic acids is 1. The second-order valence-corrected chi connectivity index (χ2v) is 5.28. The van der Waals surface area contributed by atoms with Crippen LogP contribution < -0.4 is 5.32 Å². The van der Waals surface area contributed by atoms with Crippen LogP contribution in [0.25, 0.3) is 0 Å². The number of benzene rings is 1. The van der Waals surface area contributed by atoms with E-state index in [9.17, 15) is 4.79 Å². The predicted molar refractivity (Wildman–Crippen MR) is 84.7 cm³/mol. The lowest BCUT2D eigenvalue weighted by molar-refractivity contribution is 0.102. The number of anilines is 1. The van der Waals surface area contributed by atoms with Crippen LogP contribution in [0, 0.1) is 6.92 Å². The molecule has 0 aliphatic heterocycles. The summed E-state index contributed by atoms with van der Waals surface area (Å²) in [7, 11) is 3.25. The van der Waals surface area contributed by atoms with Crippen LogP contribution >= 0.6 is 23.6 Å². The molecule has 1 heterocycles. The largest absolute Gasteiger partial charge is 0.314 e.